The third kappa shape index (κ3) is 6.60. The van der Waals surface area contributed by atoms with Crippen molar-refractivity contribution in [1.29, 1.82) is 0 Å². The van der Waals surface area contributed by atoms with E-state index in [0.29, 0.717) is 10.1 Å². The molecule has 0 amide bonds. The molecule has 4 atom stereocenters. The van der Waals surface area contributed by atoms with Crippen molar-refractivity contribution in [3.63, 3.8) is 0 Å². The van der Waals surface area contributed by atoms with Gasteiger partial charge in [0.2, 0.25) is 0 Å². The molecule has 1 N–H and O–H groups in total. The van der Waals surface area contributed by atoms with Gasteiger partial charge in [0, 0.05) is 0 Å². The minimum atomic E-state index is -1.21. The molecule has 11 heteroatoms. The molecule has 41 heavy (non-hydrogen) atoms. The first-order chi connectivity index (χ1) is 19.9. The number of carboxylic acids is 1. The first-order valence-corrected chi connectivity index (χ1v) is 14.3. The van der Waals surface area contributed by atoms with E-state index in [4.69, 9.17) is 18.9 Å². The quantitative estimate of drug-likeness (QED) is 0.168. The monoisotopic (exact) mass is 621 g/mol. The second kappa shape index (κ2) is 12.7. The van der Waals surface area contributed by atoms with E-state index in [2.05, 4.69) is 4.98 Å². The summed E-state index contributed by atoms with van der Waals surface area (Å²) in [6.07, 6.45) is -4.53. The SMILES string of the molecule is O=C(OC[C@H]1O[C@@H](c2nc(C(=O)O)c[se]2)[C@H](OC(=O)c2ccccc2)[C@@H]1OC(=O)c1ccccc1)c1ccccc1. The van der Waals surface area contributed by atoms with E-state index >= 15 is 0 Å². The summed E-state index contributed by atoms with van der Waals surface area (Å²) < 4.78 is 23.7. The van der Waals surface area contributed by atoms with Gasteiger partial charge in [0.15, 0.2) is 0 Å². The summed E-state index contributed by atoms with van der Waals surface area (Å²) in [5, 5.41) is 9.42. The Labute approximate surface area is 240 Å². The van der Waals surface area contributed by atoms with Gasteiger partial charge in [-0.1, -0.05) is 0 Å². The predicted molar refractivity (Wildman–Crippen MR) is 144 cm³/mol. The van der Waals surface area contributed by atoms with E-state index in [9.17, 15) is 24.3 Å². The standard InChI is InChI=1S/C30H23NO9Se/c32-27(33)21-17-41-26(31-21)25-24(40-30(36)20-14-8-3-9-15-20)23(39-29(35)19-12-6-2-7-13-19)22(38-25)16-37-28(34)18-10-4-1-5-11-18/h1-15,17,22-25H,16H2,(H,32,33)/t22-,23-,24-,25-/m1/s1. The van der Waals surface area contributed by atoms with E-state index in [0.717, 1.165) is 0 Å². The Kier molecular flexibility index (Phi) is 8.69. The summed E-state index contributed by atoms with van der Waals surface area (Å²) in [5.74, 6) is -3.24. The van der Waals surface area contributed by atoms with Crippen molar-refractivity contribution in [3.05, 3.63) is 123 Å². The molecule has 208 valence electrons. The molecule has 2 heterocycles. The van der Waals surface area contributed by atoms with Crippen LogP contribution in [0.2, 0.25) is 0 Å². The van der Waals surface area contributed by atoms with Crippen LogP contribution in [0.15, 0.2) is 95.9 Å². The van der Waals surface area contributed by atoms with Crippen LogP contribution in [0, 0.1) is 0 Å². The number of hydrogen-bond acceptors (Lipinski definition) is 9. The van der Waals surface area contributed by atoms with Gasteiger partial charge in [0.1, 0.15) is 0 Å². The average Bonchev–Trinajstić information content (AvgIpc) is 3.63. The molecule has 1 saturated heterocycles. The van der Waals surface area contributed by atoms with Crippen molar-refractivity contribution in [3.8, 4) is 0 Å². The van der Waals surface area contributed by atoms with Gasteiger partial charge < -0.3 is 0 Å². The Morgan fingerprint density at radius 1 is 0.732 bits per heavy atom. The fourth-order valence-electron chi connectivity index (χ4n) is 4.20. The van der Waals surface area contributed by atoms with Crippen molar-refractivity contribution in [2.45, 2.75) is 24.4 Å². The second-order valence-electron chi connectivity index (χ2n) is 8.91. The van der Waals surface area contributed by atoms with Gasteiger partial charge in [-0.3, -0.25) is 0 Å². The molecule has 0 unspecified atom stereocenters. The molecule has 1 aliphatic rings. The Balaban J connectivity index is 1.47. The van der Waals surface area contributed by atoms with Crippen LogP contribution in [0.25, 0.3) is 0 Å². The van der Waals surface area contributed by atoms with Gasteiger partial charge in [-0.2, -0.15) is 0 Å². The number of benzene rings is 3. The summed E-state index contributed by atoms with van der Waals surface area (Å²) in [6.45, 7) is -0.337. The van der Waals surface area contributed by atoms with E-state index < -0.39 is 62.8 Å². The maximum atomic E-state index is 13.1. The van der Waals surface area contributed by atoms with Crippen molar-refractivity contribution in [1.82, 2.24) is 4.98 Å². The van der Waals surface area contributed by atoms with E-state index in [-0.39, 0.29) is 23.4 Å². The molecule has 4 aromatic rings. The normalized spacial score (nSPS) is 19.7. The number of carbonyl (C=O) groups excluding carboxylic acids is 3. The van der Waals surface area contributed by atoms with Crippen LogP contribution in [-0.4, -0.2) is 73.4 Å². The number of carboxylic acid groups (broad SMARTS) is 1. The molecule has 10 nitrogen and oxygen atoms in total. The molecule has 0 aliphatic carbocycles. The van der Waals surface area contributed by atoms with Crippen LogP contribution in [-0.2, 0) is 18.9 Å². The number of esters is 3. The zero-order valence-corrected chi connectivity index (χ0v) is 23.0. The molecular weight excluding hydrogens is 597 g/mol. The van der Waals surface area contributed by atoms with Crippen LogP contribution in [0.1, 0.15) is 52.2 Å². The van der Waals surface area contributed by atoms with Gasteiger partial charge in [-0.05, 0) is 0 Å². The Morgan fingerprint density at radius 3 is 1.71 bits per heavy atom. The molecular formula is C30H23NO9Se. The van der Waals surface area contributed by atoms with Gasteiger partial charge in [0.25, 0.3) is 0 Å². The van der Waals surface area contributed by atoms with Gasteiger partial charge in [-0.15, -0.1) is 0 Å². The molecule has 1 fully saturated rings. The van der Waals surface area contributed by atoms with Crippen molar-refractivity contribution >= 4 is 38.4 Å². The zero-order valence-electron chi connectivity index (χ0n) is 21.3. The van der Waals surface area contributed by atoms with Gasteiger partial charge in [-0.25, -0.2) is 0 Å². The zero-order chi connectivity index (χ0) is 28.8. The molecule has 0 spiro atoms. The average molecular weight is 620 g/mol. The summed E-state index contributed by atoms with van der Waals surface area (Å²) in [6, 6.07) is 24.8. The predicted octanol–water partition coefficient (Wildman–Crippen LogP) is 3.58. The fraction of sp³-hybridized carbons (Fsp3) is 0.167. The van der Waals surface area contributed by atoms with E-state index in [1.54, 1.807) is 91.0 Å². The van der Waals surface area contributed by atoms with Crippen LogP contribution in [0.3, 0.4) is 0 Å². The Morgan fingerprint density at radius 2 is 1.22 bits per heavy atom. The number of carbonyl (C=O) groups is 4. The van der Waals surface area contributed by atoms with Crippen molar-refractivity contribution < 1.29 is 43.2 Å². The minimum absolute atomic E-state index is 0.159. The summed E-state index contributed by atoms with van der Waals surface area (Å²) >= 11 is -0.542. The topological polar surface area (TPSA) is 138 Å². The molecule has 5 rings (SSSR count). The number of nitrogens with zero attached hydrogens (tertiary/aromatic N) is 1. The third-order valence-electron chi connectivity index (χ3n) is 6.19. The summed E-state index contributed by atoms with van der Waals surface area (Å²) in [4.78, 5) is 56.2. The van der Waals surface area contributed by atoms with Crippen LogP contribution >= 0.6 is 0 Å². The maximum absolute atomic E-state index is 13.1. The number of rotatable bonds is 9. The van der Waals surface area contributed by atoms with Gasteiger partial charge >= 0.3 is 241 Å². The molecule has 1 aromatic heterocycles. The van der Waals surface area contributed by atoms with E-state index in [1.165, 1.54) is 4.94 Å². The first kappa shape index (κ1) is 28.0. The van der Waals surface area contributed by atoms with Crippen LogP contribution in [0.5, 0.6) is 0 Å². The van der Waals surface area contributed by atoms with Crippen LogP contribution < -0.4 is 0 Å². The van der Waals surface area contributed by atoms with Crippen molar-refractivity contribution in [2.24, 2.45) is 0 Å². The molecule has 3 aromatic carbocycles. The summed E-state index contributed by atoms with van der Waals surface area (Å²) in [7, 11) is 0. The van der Waals surface area contributed by atoms with Crippen molar-refractivity contribution in [2.75, 3.05) is 6.61 Å². The first-order valence-electron chi connectivity index (χ1n) is 12.5. The fourth-order valence-corrected chi connectivity index (χ4v) is 6.00. The second-order valence-corrected chi connectivity index (χ2v) is 10.8. The molecule has 1 aliphatic heterocycles. The number of aromatic nitrogens is 1. The molecule has 0 radical (unpaired) electrons. The van der Waals surface area contributed by atoms with E-state index in [1.807, 2.05) is 0 Å². The van der Waals surface area contributed by atoms with Gasteiger partial charge in [0.05, 0.1) is 0 Å². The molecule has 0 saturated carbocycles. The van der Waals surface area contributed by atoms with Crippen LogP contribution in [0.4, 0.5) is 0 Å². The Bertz CT molecular complexity index is 1530. The molecule has 0 bridgehead atoms. The summed E-state index contributed by atoms with van der Waals surface area (Å²) in [5.41, 5.74) is 0.655. The number of aromatic carboxylic acids is 1. The number of ether oxygens (including phenoxy) is 4. The third-order valence-corrected chi connectivity index (χ3v) is 8.09. The Hall–Kier alpha value is -4.57. The number of hydrogen-bond donors (Lipinski definition) is 1.